The molecule has 0 saturated carbocycles. The van der Waals surface area contributed by atoms with Gasteiger partial charge < -0.3 is 5.73 Å². The molecule has 2 aromatic carbocycles. The number of carbonyl (C=O) groups excluding carboxylic acids is 1. The van der Waals surface area contributed by atoms with E-state index >= 15 is 0 Å². The standard InChI is InChI=1S/C14H10Br2FNO/c15-10-5-8(1-3-12(10)17)6-14(19)9-2-4-13(18)11(16)7-9/h1-5,7H,6,18H2. The van der Waals surface area contributed by atoms with Gasteiger partial charge in [0.15, 0.2) is 5.78 Å². The summed E-state index contributed by atoms with van der Waals surface area (Å²) >= 11 is 6.39. The van der Waals surface area contributed by atoms with Gasteiger partial charge >= 0.3 is 0 Å². The summed E-state index contributed by atoms with van der Waals surface area (Å²) < 4.78 is 14.2. The van der Waals surface area contributed by atoms with Gasteiger partial charge in [-0.05, 0) is 67.8 Å². The average molecular weight is 387 g/mol. The Hall–Kier alpha value is -1.20. The molecule has 0 amide bonds. The fourth-order valence-electron chi connectivity index (χ4n) is 1.64. The van der Waals surface area contributed by atoms with Crippen LogP contribution in [0.15, 0.2) is 45.3 Å². The van der Waals surface area contributed by atoms with E-state index in [0.717, 1.165) is 5.56 Å². The molecule has 98 valence electrons. The zero-order valence-corrected chi connectivity index (χ0v) is 13.0. The van der Waals surface area contributed by atoms with Crippen molar-refractivity contribution < 1.29 is 9.18 Å². The van der Waals surface area contributed by atoms with Crippen molar-refractivity contribution in [2.45, 2.75) is 6.42 Å². The van der Waals surface area contributed by atoms with Crippen LogP contribution in [0.1, 0.15) is 15.9 Å². The molecule has 0 bridgehead atoms. The molecular weight excluding hydrogens is 377 g/mol. The quantitative estimate of drug-likeness (QED) is 0.629. The van der Waals surface area contributed by atoms with Gasteiger partial charge in [-0.15, -0.1) is 0 Å². The lowest BCUT2D eigenvalue weighted by molar-refractivity contribution is 0.0993. The van der Waals surface area contributed by atoms with Crippen LogP contribution in [0.5, 0.6) is 0 Å². The van der Waals surface area contributed by atoms with Crippen molar-refractivity contribution in [1.29, 1.82) is 0 Å². The van der Waals surface area contributed by atoms with Gasteiger partial charge in [0, 0.05) is 22.1 Å². The Morgan fingerprint density at radius 2 is 1.84 bits per heavy atom. The lowest BCUT2D eigenvalue weighted by Crippen LogP contribution is -2.04. The van der Waals surface area contributed by atoms with E-state index in [2.05, 4.69) is 31.9 Å². The molecule has 0 unspecified atom stereocenters. The third kappa shape index (κ3) is 3.42. The summed E-state index contributed by atoms with van der Waals surface area (Å²) in [5, 5.41) is 0. The van der Waals surface area contributed by atoms with Crippen molar-refractivity contribution >= 4 is 43.3 Å². The number of ketones is 1. The fraction of sp³-hybridized carbons (Fsp3) is 0.0714. The number of halogens is 3. The Labute approximate surface area is 127 Å². The first kappa shape index (κ1) is 14.2. The molecular formula is C14H10Br2FNO. The number of nitrogen functional groups attached to an aromatic ring is 1. The second-order valence-electron chi connectivity index (χ2n) is 4.08. The first-order valence-corrected chi connectivity index (χ1v) is 7.08. The highest BCUT2D eigenvalue weighted by molar-refractivity contribution is 9.10. The minimum atomic E-state index is -0.341. The van der Waals surface area contributed by atoms with Crippen molar-refractivity contribution in [3.8, 4) is 0 Å². The normalized spacial score (nSPS) is 10.5. The molecule has 0 aliphatic rings. The molecule has 2 N–H and O–H groups in total. The largest absolute Gasteiger partial charge is 0.398 e. The van der Waals surface area contributed by atoms with Gasteiger partial charge in [0.2, 0.25) is 0 Å². The van der Waals surface area contributed by atoms with Gasteiger partial charge in [-0.3, -0.25) is 4.79 Å². The van der Waals surface area contributed by atoms with E-state index in [4.69, 9.17) is 5.73 Å². The first-order chi connectivity index (χ1) is 8.97. The highest BCUT2D eigenvalue weighted by Crippen LogP contribution is 2.22. The first-order valence-electron chi connectivity index (χ1n) is 5.49. The van der Waals surface area contributed by atoms with E-state index in [1.165, 1.54) is 6.07 Å². The molecule has 2 nitrogen and oxygen atoms in total. The lowest BCUT2D eigenvalue weighted by Gasteiger charge is -2.05. The molecule has 0 spiro atoms. The zero-order chi connectivity index (χ0) is 14.0. The topological polar surface area (TPSA) is 43.1 Å². The van der Waals surface area contributed by atoms with E-state index in [-0.39, 0.29) is 18.0 Å². The van der Waals surface area contributed by atoms with Crippen LogP contribution in [0.3, 0.4) is 0 Å². The molecule has 0 aromatic heterocycles. The number of rotatable bonds is 3. The van der Waals surface area contributed by atoms with Gasteiger partial charge in [-0.1, -0.05) is 6.07 Å². The minimum absolute atomic E-state index is 0.0424. The number of anilines is 1. The summed E-state index contributed by atoms with van der Waals surface area (Å²) in [5.41, 5.74) is 7.58. The Morgan fingerprint density at radius 3 is 2.47 bits per heavy atom. The van der Waals surface area contributed by atoms with Crippen molar-refractivity contribution in [2.75, 3.05) is 5.73 Å². The van der Waals surface area contributed by atoms with E-state index in [1.807, 2.05) is 0 Å². The smallest absolute Gasteiger partial charge is 0.167 e. The number of benzene rings is 2. The highest BCUT2D eigenvalue weighted by atomic mass is 79.9. The number of hydrogen-bond acceptors (Lipinski definition) is 2. The summed E-state index contributed by atoms with van der Waals surface area (Å²) in [6, 6.07) is 9.60. The molecule has 2 rings (SSSR count). The average Bonchev–Trinajstić information content (AvgIpc) is 2.37. The lowest BCUT2D eigenvalue weighted by atomic mass is 10.0. The van der Waals surface area contributed by atoms with Crippen molar-refractivity contribution in [2.24, 2.45) is 0 Å². The molecule has 0 atom stereocenters. The molecule has 0 aliphatic heterocycles. The number of carbonyl (C=O) groups is 1. The second-order valence-corrected chi connectivity index (χ2v) is 5.79. The number of hydrogen-bond donors (Lipinski definition) is 1. The summed E-state index contributed by atoms with van der Waals surface area (Å²) in [4.78, 5) is 12.1. The van der Waals surface area contributed by atoms with Gasteiger partial charge in [0.25, 0.3) is 0 Å². The van der Waals surface area contributed by atoms with Gasteiger partial charge in [0.1, 0.15) is 5.82 Å². The SMILES string of the molecule is Nc1ccc(C(=O)Cc2ccc(F)c(Br)c2)cc1Br. The van der Waals surface area contributed by atoms with Crippen molar-refractivity contribution in [3.05, 3.63) is 62.3 Å². The predicted molar refractivity (Wildman–Crippen MR) is 80.7 cm³/mol. The second kappa shape index (κ2) is 5.84. The van der Waals surface area contributed by atoms with Crippen molar-refractivity contribution in [1.82, 2.24) is 0 Å². The molecule has 19 heavy (non-hydrogen) atoms. The van der Waals surface area contributed by atoms with Crippen LogP contribution < -0.4 is 5.73 Å². The van der Waals surface area contributed by atoms with Gasteiger partial charge in [0.05, 0.1) is 4.47 Å². The van der Waals surface area contributed by atoms with Crippen LogP contribution in [0.2, 0.25) is 0 Å². The van der Waals surface area contributed by atoms with E-state index in [1.54, 1.807) is 30.3 Å². The molecule has 0 saturated heterocycles. The third-order valence-corrected chi connectivity index (χ3v) is 3.97. The molecule has 0 radical (unpaired) electrons. The summed E-state index contributed by atoms with van der Waals surface area (Å²) in [5.74, 6) is -0.384. The summed E-state index contributed by atoms with van der Waals surface area (Å²) in [7, 11) is 0. The Morgan fingerprint density at radius 1 is 1.11 bits per heavy atom. The van der Waals surface area contributed by atoms with Crippen LogP contribution in [0.25, 0.3) is 0 Å². The third-order valence-electron chi connectivity index (χ3n) is 2.67. The Kier molecular flexibility index (Phi) is 4.37. The van der Waals surface area contributed by atoms with Crippen LogP contribution in [0.4, 0.5) is 10.1 Å². The van der Waals surface area contributed by atoms with E-state index < -0.39 is 0 Å². The molecule has 0 fully saturated rings. The fourth-order valence-corrected chi connectivity index (χ4v) is 2.44. The Balaban J connectivity index is 2.20. The Bertz CT molecular complexity index is 643. The number of nitrogens with two attached hydrogens (primary N) is 1. The monoisotopic (exact) mass is 385 g/mol. The van der Waals surface area contributed by atoms with Crippen LogP contribution >= 0.6 is 31.9 Å². The number of Topliss-reactive ketones (excluding diaryl/α,β-unsaturated/α-hetero) is 1. The molecule has 2 aromatic rings. The summed E-state index contributed by atoms with van der Waals surface area (Å²) in [6.45, 7) is 0. The predicted octanol–water partition coefficient (Wildman–Crippen LogP) is 4.36. The molecule has 0 heterocycles. The maximum Gasteiger partial charge on any atom is 0.167 e. The van der Waals surface area contributed by atoms with Gasteiger partial charge in [-0.2, -0.15) is 0 Å². The minimum Gasteiger partial charge on any atom is -0.398 e. The maximum absolute atomic E-state index is 13.1. The van der Waals surface area contributed by atoms with Gasteiger partial charge in [-0.25, -0.2) is 4.39 Å². The van der Waals surface area contributed by atoms with Crippen LogP contribution in [-0.2, 0) is 6.42 Å². The van der Waals surface area contributed by atoms with Crippen LogP contribution in [-0.4, -0.2) is 5.78 Å². The highest BCUT2D eigenvalue weighted by Gasteiger charge is 2.10. The molecule has 5 heteroatoms. The summed E-state index contributed by atoms with van der Waals surface area (Å²) in [6.07, 6.45) is 0.217. The van der Waals surface area contributed by atoms with Crippen molar-refractivity contribution in [3.63, 3.8) is 0 Å². The maximum atomic E-state index is 13.1. The zero-order valence-electron chi connectivity index (χ0n) is 9.79. The van der Waals surface area contributed by atoms with E-state index in [0.29, 0.717) is 20.2 Å². The van der Waals surface area contributed by atoms with E-state index in [9.17, 15) is 9.18 Å². The molecule has 0 aliphatic carbocycles. The van der Waals surface area contributed by atoms with Crippen LogP contribution in [0, 0.1) is 5.82 Å².